The summed E-state index contributed by atoms with van der Waals surface area (Å²) in [7, 11) is -3.08. The van der Waals surface area contributed by atoms with Gasteiger partial charge >= 0.3 is 11.3 Å². The number of anilines is 3. The Kier molecular flexibility index (Phi) is 15.4. The molecule has 0 bridgehead atoms. The van der Waals surface area contributed by atoms with Gasteiger partial charge in [0.2, 0.25) is 5.91 Å². The maximum Gasteiger partial charge on any atom is 0.316 e. The molecule has 0 aliphatic heterocycles. The number of azo groups is 1. The zero-order valence-corrected chi connectivity index (χ0v) is 41.3. The smallest absolute Gasteiger partial charge is 0.316 e. The molecule has 0 spiro atoms. The van der Waals surface area contributed by atoms with Crippen LogP contribution < -0.4 is 29.2 Å². The fourth-order valence-corrected chi connectivity index (χ4v) is 9.25. The molecular weight excluding hydrogens is 959 g/mol. The highest BCUT2D eigenvalue weighted by molar-refractivity contribution is 7.94. The number of benzene rings is 6. The number of fused-ring (bicyclic) bond motifs is 1. The van der Waals surface area contributed by atoms with Crippen molar-refractivity contribution in [2.45, 2.75) is 69.8 Å². The zero-order chi connectivity index (χ0) is 50.3. The largest absolute Gasteiger partial charge is 0.505 e. The van der Waals surface area contributed by atoms with E-state index in [2.05, 4.69) is 35.9 Å². The molecular formula is C49H47N7O11S3. The average molecular weight is 1010 g/mol. The van der Waals surface area contributed by atoms with Crippen LogP contribution in [0.5, 0.6) is 17.2 Å². The van der Waals surface area contributed by atoms with Gasteiger partial charge in [-0.3, -0.25) is 19.0 Å². The van der Waals surface area contributed by atoms with Crippen molar-refractivity contribution in [3.05, 3.63) is 148 Å². The van der Waals surface area contributed by atoms with Gasteiger partial charge in [-0.25, -0.2) is 13.3 Å². The van der Waals surface area contributed by atoms with E-state index >= 15 is 0 Å². The highest BCUT2D eigenvalue weighted by Crippen LogP contribution is 2.44. The first-order valence-corrected chi connectivity index (χ1v) is 24.7. The van der Waals surface area contributed by atoms with Crippen molar-refractivity contribution in [3.63, 3.8) is 0 Å². The minimum Gasteiger partial charge on any atom is -0.505 e. The standard InChI is InChI=1S/C49H47N7O11S3/c1-8-44(57)51-42-26-41(53-52-39-21-20-35(68-67-63-7)24-31(39)27-50)45-37(46(42)58)13-10-14-40(45)55-70(61,62)36-12-9-11-34(25-36)66-69(60)54-32-16-18-33(19-17-32)64-28-38-47(49(4,5)6)65-56(48(38)59)43-22-15-29(2)23-30(43)3/h9-26,54-55,58H,8,28H2,1-7H3,(H,51,57). The molecule has 0 fully saturated rings. The van der Waals surface area contributed by atoms with Crippen LogP contribution >= 0.6 is 12.0 Å². The summed E-state index contributed by atoms with van der Waals surface area (Å²) in [6, 6.07) is 30.0. The Morgan fingerprint density at radius 1 is 0.929 bits per heavy atom. The molecule has 0 aliphatic rings. The Bertz CT molecular complexity index is 3380. The molecule has 4 N–H and O–H groups in total. The number of amides is 1. The van der Waals surface area contributed by atoms with Crippen molar-refractivity contribution < 1.29 is 45.2 Å². The average Bonchev–Trinajstić information content (AvgIpc) is 3.66. The lowest BCUT2D eigenvalue weighted by atomic mass is 9.91. The lowest BCUT2D eigenvalue weighted by Crippen LogP contribution is -2.20. The minimum atomic E-state index is -4.42. The number of rotatable bonds is 18. The van der Waals surface area contributed by atoms with E-state index < -0.39 is 32.6 Å². The van der Waals surface area contributed by atoms with Gasteiger partial charge in [0, 0.05) is 39.3 Å². The number of aryl methyl sites for hydroxylation is 2. The molecule has 1 unspecified atom stereocenters. The molecule has 7 aromatic rings. The summed E-state index contributed by atoms with van der Waals surface area (Å²) in [5, 5.41) is 32.7. The van der Waals surface area contributed by atoms with E-state index in [0.29, 0.717) is 33.3 Å². The van der Waals surface area contributed by atoms with Crippen LogP contribution in [0.3, 0.4) is 0 Å². The number of hydrogen-bond acceptors (Lipinski definition) is 15. The van der Waals surface area contributed by atoms with E-state index in [-0.39, 0.29) is 74.1 Å². The minimum absolute atomic E-state index is 0.00539. The van der Waals surface area contributed by atoms with Gasteiger partial charge in [-0.2, -0.15) is 13.8 Å². The first kappa shape index (κ1) is 50.4. The van der Waals surface area contributed by atoms with E-state index in [0.717, 1.165) is 23.2 Å². The van der Waals surface area contributed by atoms with Gasteiger partial charge in [0.25, 0.3) is 15.6 Å². The lowest BCUT2D eigenvalue weighted by Gasteiger charge is -2.16. The molecule has 0 radical (unpaired) electrons. The number of nitriles is 1. The van der Waals surface area contributed by atoms with Gasteiger partial charge in [-0.05, 0) is 92.2 Å². The van der Waals surface area contributed by atoms with Crippen LogP contribution in [-0.4, -0.2) is 35.5 Å². The van der Waals surface area contributed by atoms with E-state index in [1.807, 2.05) is 52.8 Å². The second kappa shape index (κ2) is 21.4. The number of phenolic OH excluding ortho intramolecular Hbond substituents is 1. The van der Waals surface area contributed by atoms with Crippen LogP contribution in [0.2, 0.25) is 0 Å². The van der Waals surface area contributed by atoms with Gasteiger partial charge in [-0.15, -0.1) is 15.0 Å². The Labute approximate surface area is 410 Å². The van der Waals surface area contributed by atoms with Crippen LogP contribution in [0.15, 0.2) is 139 Å². The van der Waals surface area contributed by atoms with Crippen molar-refractivity contribution in [2.75, 3.05) is 21.9 Å². The van der Waals surface area contributed by atoms with Crippen molar-refractivity contribution in [2.24, 2.45) is 10.2 Å². The molecule has 0 saturated carbocycles. The van der Waals surface area contributed by atoms with E-state index in [4.69, 9.17) is 17.8 Å². The predicted octanol–water partition coefficient (Wildman–Crippen LogP) is 10.9. The predicted molar refractivity (Wildman–Crippen MR) is 267 cm³/mol. The summed E-state index contributed by atoms with van der Waals surface area (Å²) in [6.45, 7) is 11.3. The molecule has 1 aromatic heterocycles. The molecule has 1 heterocycles. The molecule has 70 heavy (non-hydrogen) atoms. The number of nitrogens with one attached hydrogen (secondary N) is 3. The summed E-state index contributed by atoms with van der Waals surface area (Å²) >= 11 is -1.32. The summed E-state index contributed by atoms with van der Waals surface area (Å²) in [4.78, 5) is 31.0. The Morgan fingerprint density at radius 2 is 1.67 bits per heavy atom. The SMILES string of the molecule is CCC(=O)Nc1cc(N=Nc2ccc(SOOC)cc2C#N)c2c(NS(=O)(=O)c3cccc(OS(=O)Nc4ccc(OCc5c(C(C)(C)C)on(-c6ccc(C)cc6C)c5=O)cc4)c3)cccc2c1O. The van der Waals surface area contributed by atoms with E-state index in [1.54, 1.807) is 37.3 Å². The van der Waals surface area contributed by atoms with Crippen LogP contribution in [-0.2, 0) is 47.3 Å². The second-order valence-corrected chi connectivity index (χ2v) is 19.9. The fraction of sp³-hybridized carbons (Fsp3) is 0.204. The summed E-state index contributed by atoms with van der Waals surface area (Å²) in [6.07, 6.45) is 0.0975. The van der Waals surface area contributed by atoms with Crippen molar-refractivity contribution in [3.8, 4) is 29.0 Å². The summed E-state index contributed by atoms with van der Waals surface area (Å²) < 4.78 is 70.4. The van der Waals surface area contributed by atoms with Crippen LogP contribution in [0, 0.1) is 25.2 Å². The lowest BCUT2D eigenvalue weighted by molar-refractivity contribution is -0.160. The van der Waals surface area contributed by atoms with E-state index in [9.17, 15) is 32.6 Å². The number of carbonyl (C=O) groups excluding carboxylic acids is 1. The maximum atomic E-state index is 14.0. The number of nitrogens with zero attached hydrogens (tertiary/aromatic N) is 4. The molecule has 18 nitrogen and oxygen atoms in total. The van der Waals surface area contributed by atoms with Crippen molar-refractivity contribution >= 4 is 78.4 Å². The number of ether oxygens (including phenoxy) is 1. The number of aromatic hydroxyl groups is 1. The van der Waals surface area contributed by atoms with Crippen molar-refractivity contribution in [1.29, 1.82) is 5.26 Å². The van der Waals surface area contributed by atoms with Gasteiger partial charge in [0.1, 0.15) is 35.6 Å². The number of phenols is 1. The molecule has 1 atom stereocenters. The first-order chi connectivity index (χ1) is 33.4. The molecule has 6 aromatic carbocycles. The van der Waals surface area contributed by atoms with Gasteiger partial charge in [0.05, 0.1) is 57.9 Å². The molecule has 0 saturated heterocycles. The normalized spacial score (nSPS) is 12.1. The van der Waals surface area contributed by atoms with Gasteiger partial charge in [-0.1, -0.05) is 63.6 Å². The first-order valence-electron chi connectivity index (χ1n) is 21.4. The second-order valence-electron chi connectivity index (χ2n) is 16.6. The topological polar surface area (TPSA) is 245 Å². The summed E-state index contributed by atoms with van der Waals surface area (Å²) in [5.41, 5.74) is 2.84. The number of hydrogen-bond donors (Lipinski definition) is 4. The maximum absolute atomic E-state index is 14.0. The number of sulfonamides is 1. The molecule has 1 amide bonds. The van der Waals surface area contributed by atoms with Crippen LogP contribution in [0.25, 0.3) is 16.5 Å². The van der Waals surface area contributed by atoms with Crippen molar-refractivity contribution in [1.82, 2.24) is 4.74 Å². The molecule has 0 aliphatic carbocycles. The highest BCUT2D eigenvalue weighted by atomic mass is 32.2. The number of carbonyl (C=O) groups is 1. The van der Waals surface area contributed by atoms with E-state index in [1.165, 1.54) is 72.5 Å². The molecule has 362 valence electrons. The third-order valence-electron chi connectivity index (χ3n) is 10.4. The van der Waals surface area contributed by atoms with Crippen LogP contribution in [0.4, 0.5) is 28.4 Å². The third-order valence-corrected chi connectivity index (χ3v) is 13.1. The molecule has 7 rings (SSSR count). The number of aromatic nitrogens is 1. The Balaban J connectivity index is 1.07. The van der Waals surface area contributed by atoms with Gasteiger partial charge < -0.3 is 23.9 Å². The quantitative estimate of drug-likeness (QED) is 0.0206. The fourth-order valence-electron chi connectivity index (χ4n) is 7.06. The monoisotopic (exact) mass is 1010 g/mol. The highest BCUT2D eigenvalue weighted by Gasteiger charge is 2.29. The molecule has 21 heteroatoms. The van der Waals surface area contributed by atoms with Crippen LogP contribution in [0.1, 0.15) is 62.1 Å². The Hall–Kier alpha value is -7.48. The third kappa shape index (κ3) is 11.7. The summed E-state index contributed by atoms with van der Waals surface area (Å²) in [5.74, 6) is 0.103. The van der Waals surface area contributed by atoms with Gasteiger partial charge in [0.15, 0.2) is 5.76 Å². The zero-order valence-electron chi connectivity index (χ0n) is 38.8. The Morgan fingerprint density at radius 3 is 2.37 bits per heavy atom.